The standard InChI is InChI=1S/C38H69NO3/c1-3-5-7-9-11-12-13-14-15-16-17-18-19-20-21-22-23-24-25-26-28-30-32-34-38(42)39-36(35-40)37(41)33-31-29-27-10-8-6-4-2/h8,10,13-14,16-17,31,33,36-37,40-41H,3-7,9,11-12,15,18-30,32,34-35H2,1-2H3,(H,39,42)/b10-8+,14-13-,17-16-,33-31+. The molecule has 0 aromatic rings. The number of nitrogens with one attached hydrogen (secondary N) is 1. The Bertz CT molecular complexity index is 682. The lowest BCUT2D eigenvalue weighted by atomic mass is 10.0. The molecule has 0 radical (unpaired) electrons. The predicted molar refractivity (Wildman–Crippen MR) is 184 cm³/mol. The summed E-state index contributed by atoms with van der Waals surface area (Å²) in [5.41, 5.74) is 0. The average molecular weight is 588 g/mol. The average Bonchev–Trinajstić information content (AvgIpc) is 2.99. The zero-order chi connectivity index (χ0) is 30.8. The quantitative estimate of drug-likeness (QED) is 0.0558. The van der Waals surface area contributed by atoms with Gasteiger partial charge in [0, 0.05) is 6.42 Å². The van der Waals surface area contributed by atoms with Crippen LogP contribution < -0.4 is 5.32 Å². The Hall–Kier alpha value is -1.65. The highest BCUT2D eigenvalue weighted by molar-refractivity contribution is 5.76. The molecule has 0 spiro atoms. The maximum absolute atomic E-state index is 12.2. The molecule has 1 amide bonds. The molecule has 0 aliphatic carbocycles. The van der Waals surface area contributed by atoms with Gasteiger partial charge in [0.2, 0.25) is 5.91 Å². The van der Waals surface area contributed by atoms with Gasteiger partial charge in [-0.25, -0.2) is 0 Å². The summed E-state index contributed by atoms with van der Waals surface area (Å²) < 4.78 is 0. The molecule has 0 fully saturated rings. The first kappa shape index (κ1) is 40.4. The monoisotopic (exact) mass is 588 g/mol. The number of rotatable bonds is 31. The fourth-order valence-electron chi connectivity index (χ4n) is 4.99. The minimum Gasteiger partial charge on any atom is -0.394 e. The highest BCUT2D eigenvalue weighted by Gasteiger charge is 2.17. The van der Waals surface area contributed by atoms with E-state index in [1.54, 1.807) is 6.08 Å². The van der Waals surface area contributed by atoms with E-state index in [9.17, 15) is 15.0 Å². The van der Waals surface area contributed by atoms with Gasteiger partial charge >= 0.3 is 0 Å². The van der Waals surface area contributed by atoms with Crippen molar-refractivity contribution in [2.75, 3.05) is 6.61 Å². The van der Waals surface area contributed by atoms with E-state index in [-0.39, 0.29) is 12.5 Å². The van der Waals surface area contributed by atoms with Crippen molar-refractivity contribution < 1.29 is 15.0 Å². The molecule has 2 unspecified atom stereocenters. The molecular formula is C38H69NO3. The summed E-state index contributed by atoms with van der Waals surface area (Å²) in [6, 6.07) is -0.636. The van der Waals surface area contributed by atoms with Crippen LogP contribution in [0.2, 0.25) is 0 Å². The fraction of sp³-hybridized carbons (Fsp3) is 0.763. The summed E-state index contributed by atoms with van der Waals surface area (Å²) in [5.74, 6) is -0.0835. The maximum atomic E-state index is 12.2. The van der Waals surface area contributed by atoms with Crippen LogP contribution in [0.5, 0.6) is 0 Å². The molecule has 0 aliphatic heterocycles. The van der Waals surface area contributed by atoms with Crippen LogP contribution in [0.25, 0.3) is 0 Å². The highest BCUT2D eigenvalue weighted by Crippen LogP contribution is 2.13. The van der Waals surface area contributed by atoms with Gasteiger partial charge in [0.05, 0.1) is 18.8 Å². The number of carbonyl (C=O) groups is 1. The van der Waals surface area contributed by atoms with Crippen LogP contribution in [0.4, 0.5) is 0 Å². The topological polar surface area (TPSA) is 69.6 Å². The summed E-state index contributed by atoms with van der Waals surface area (Å²) >= 11 is 0. The number of aliphatic hydroxyl groups excluding tert-OH is 2. The van der Waals surface area contributed by atoms with Gasteiger partial charge < -0.3 is 15.5 Å². The van der Waals surface area contributed by atoms with Crippen molar-refractivity contribution in [3.8, 4) is 0 Å². The third kappa shape index (κ3) is 29.8. The van der Waals surface area contributed by atoms with E-state index in [1.807, 2.05) is 6.08 Å². The summed E-state index contributed by atoms with van der Waals surface area (Å²) in [6.45, 7) is 4.17. The van der Waals surface area contributed by atoms with Crippen LogP contribution >= 0.6 is 0 Å². The molecule has 2 atom stereocenters. The van der Waals surface area contributed by atoms with Crippen molar-refractivity contribution >= 4 is 5.91 Å². The molecule has 0 rings (SSSR count). The largest absolute Gasteiger partial charge is 0.394 e. The van der Waals surface area contributed by atoms with Gasteiger partial charge in [0.15, 0.2) is 0 Å². The second kappa shape index (κ2) is 33.8. The molecule has 0 aliphatic rings. The number of carbonyl (C=O) groups excluding carboxylic acids is 1. The Morgan fingerprint density at radius 2 is 1.05 bits per heavy atom. The molecule has 0 aromatic carbocycles. The van der Waals surface area contributed by atoms with E-state index in [4.69, 9.17) is 0 Å². The fourth-order valence-corrected chi connectivity index (χ4v) is 4.99. The van der Waals surface area contributed by atoms with E-state index in [2.05, 4.69) is 55.6 Å². The van der Waals surface area contributed by atoms with Crippen molar-refractivity contribution in [2.24, 2.45) is 0 Å². The Balaban J connectivity index is 3.54. The lowest BCUT2D eigenvalue weighted by molar-refractivity contribution is -0.123. The minimum absolute atomic E-state index is 0.0835. The lowest BCUT2D eigenvalue weighted by Crippen LogP contribution is -2.45. The first-order chi connectivity index (χ1) is 20.7. The molecular weight excluding hydrogens is 518 g/mol. The normalized spacial score (nSPS) is 13.7. The Labute approximate surface area is 261 Å². The van der Waals surface area contributed by atoms with Crippen LogP contribution in [-0.4, -0.2) is 34.9 Å². The second-order valence-electron chi connectivity index (χ2n) is 11.9. The van der Waals surface area contributed by atoms with Gasteiger partial charge in [-0.2, -0.15) is 0 Å². The van der Waals surface area contributed by atoms with E-state index in [1.165, 1.54) is 103 Å². The Kier molecular flexibility index (Phi) is 32.5. The summed E-state index contributed by atoms with van der Waals surface area (Å²) in [5, 5.41) is 22.6. The molecule has 0 bridgehead atoms. The van der Waals surface area contributed by atoms with Crippen molar-refractivity contribution in [2.45, 2.75) is 180 Å². The van der Waals surface area contributed by atoms with Crippen LogP contribution in [-0.2, 0) is 4.79 Å². The van der Waals surface area contributed by atoms with Gasteiger partial charge in [-0.05, 0) is 57.8 Å². The van der Waals surface area contributed by atoms with Gasteiger partial charge in [-0.15, -0.1) is 0 Å². The molecule has 0 saturated heterocycles. The minimum atomic E-state index is -0.859. The van der Waals surface area contributed by atoms with Crippen LogP contribution in [0.3, 0.4) is 0 Å². The third-order valence-electron chi connectivity index (χ3n) is 7.77. The highest BCUT2D eigenvalue weighted by atomic mass is 16.3. The SMILES string of the molecule is CCC/C=C/CC/C=C/C(O)C(CO)NC(=O)CCCCCCCCCCCCC/C=C\C/C=C\CCCCCCC. The zero-order valence-electron chi connectivity index (χ0n) is 27.8. The summed E-state index contributed by atoms with van der Waals surface area (Å²) in [4.78, 5) is 12.2. The Morgan fingerprint density at radius 3 is 1.60 bits per heavy atom. The van der Waals surface area contributed by atoms with E-state index in [0.717, 1.165) is 44.9 Å². The van der Waals surface area contributed by atoms with Crippen LogP contribution in [0, 0.1) is 0 Å². The number of allylic oxidation sites excluding steroid dienone is 7. The maximum Gasteiger partial charge on any atom is 0.220 e. The number of hydrogen-bond donors (Lipinski definition) is 3. The number of amides is 1. The molecule has 244 valence electrons. The van der Waals surface area contributed by atoms with Gasteiger partial charge in [0.25, 0.3) is 0 Å². The molecule has 4 heteroatoms. The first-order valence-electron chi connectivity index (χ1n) is 17.9. The number of unbranched alkanes of at least 4 members (excludes halogenated alkanes) is 18. The lowest BCUT2D eigenvalue weighted by Gasteiger charge is -2.19. The number of aliphatic hydroxyl groups is 2. The molecule has 3 N–H and O–H groups in total. The van der Waals surface area contributed by atoms with Crippen molar-refractivity contribution in [3.63, 3.8) is 0 Å². The van der Waals surface area contributed by atoms with Gasteiger partial charge in [0.1, 0.15) is 0 Å². The van der Waals surface area contributed by atoms with Gasteiger partial charge in [-0.3, -0.25) is 4.79 Å². The van der Waals surface area contributed by atoms with Gasteiger partial charge in [-0.1, -0.05) is 152 Å². The molecule has 0 aromatic heterocycles. The summed E-state index contributed by atoms with van der Waals surface area (Å²) in [7, 11) is 0. The van der Waals surface area contributed by atoms with Crippen molar-refractivity contribution in [1.82, 2.24) is 5.32 Å². The van der Waals surface area contributed by atoms with Crippen LogP contribution in [0.1, 0.15) is 168 Å². The molecule has 42 heavy (non-hydrogen) atoms. The second-order valence-corrected chi connectivity index (χ2v) is 11.9. The number of hydrogen-bond acceptors (Lipinski definition) is 3. The third-order valence-corrected chi connectivity index (χ3v) is 7.77. The smallest absolute Gasteiger partial charge is 0.220 e. The van der Waals surface area contributed by atoms with Crippen molar-refractivity contribution in [1.29, 1.82) is 0 Å². The first-order valence-corrected chi connectivity index (χ1v) is 17.9. The predicted octanol–water partition coefficient (Wildman–Crippen LogP) is 10.5. The van der Waals surface area contributed by atoms with E-state index >= 15 is 0 Å². The van der Waals surface area contributed by atoms with E-state index < -0.39 is 12.1 Å². The summed E-state index contributed by atoms with van der Waals surface area (Å²) in [6.07, 6.45) is 45.0. The Morgan fingerprint density at radius 1 is 0.571 bits per heavy atom. The van der Waals surface area contributed by atoms with E-state index in [0.29, 0.717) is 6.42 Å². The van der Waals surface area contributed by atoms with Crippen molar-refractivity contribution in [3.05, 3.63) is 48.6 Å². The van der Waals surface area contributed by atoms with Crippen LogP contribution in [0.15, 0.2) is 48.6 Å². The molecule has 4 nitrogen and oxygen atoms in total. The zero-order valence-corrected chi connectivity index (χ0v) is 27.8. The molecule has 0 saturated carbocycles. The molecule has 0 heterocycles.